The van der Waals surface area contributed by atoms with Crippen LogP contribution in [0.1, 0.15) is 44.4 Å². The van der Waals surface area contributed by atoms with Crippen molar-refractivity contribution in [2.75, 3.05) is 26.8 Å². The maximum Gasteiger partial charge on any atom is 0.423 e. The number of aromatic nitrogens is 2. The van der Waals surface area contributed by atoms with E-state index < -0.39 is 47.5 Å². The van der Waals surface area contributed by atoms with Crippen LogP contribution < -0.4 is 11.2 Å². The van der Waals surface area contributed by atoms with Crippen LogP contribution in [-0.4, -0.2) is 59.6 Å². The molecule has 0 radical (unpaired) electrons. The van der Waals surface area contributed by atoms with Gasteiger partial charge in [0.2, 0.25) is 0 Å². The lowest BCUT2D eigenvalue weighted by Gasteiger charge is -2.21. The number of rotatable bonds is 9. The number of alkyl halides is 3. The van der Waals surface area contributed by atoms with Gasteiger partial charge >= 0.3 is 18.0 Å². The molecule has 1 aliphatic rings. The number of unbranched alkanes of at least 4 members (excludes halogenated alkanes) is 2. The fraction of sp³-hybridized carbons (Fsp3) is 0.650. The summed E-state index contributed by atoms with van der Waals surface area (Å²) >= 11 is 0. The number of carbonyl (C=O) groups is 1. The second-order valence-corrected chi connectivity index (χ2v) is 7.33. The molecule has 0 saturated carbocycles. The van der Waals surface area contributed by atoms with Crippen molar-refractivity contribution in [3.8, 4) is 12.3 Å². The molecule has 1 aromatic rings. The van der Waals surface area contributed by atoms with Gasteiger partial charge in [-0.05, 0) is 6.42 Å². The van der Waals surface area contributed by atoms with Crippen LogP contribution in [0.25, 0.3) is 0 Å². The summed E-state index contributed by atoms with van der Waals surface area (Å²) in [4.78, 5) is 38.8. The van der Waals surface area contributed by atoms with Crippen LogP contribution in [0.2, 0.25) is 0 Å². The third-order valence-electron chi connectivity index (χ3n) is 4.92. The molecule has 1 amide bonds. The van der Waals surface area contributed by atoms with E-state index in [0.717, 1.165) is 19.3 Å². The van der Waals surface area contributed by atoms with E-state index in [-0.39, 0.29) is 19.6 Å². The van der Waals surface area contributed by atoms with Crippen molar-refractivity contribution in [2.45, 2.75) is 57.2 Å². The lowest BCUT2D eigenvalue weighted by atomic mass is 10.2. The monoisotopic (exact) mass is 461 g/mol. The fourth-order valence-electron chi connectivity index (χ4n) is 3.21. The first-order valence-corrected chi connectivity index (χ1v) is 10.1. The number of hydrogen-bond donors (Lipinski definition) is 1. The minimum atomic E-state index is -4.96. The van der Waals surface area contributed by atoms with Gasteiger partial charge in [0.1, 0.15) is 31.1 Å². The maximum atomic E-state index is 13.1. The van der Waals surface area contributed by atoms with Crippen molar-refractivity contribution in [1.29, 1.82) is 0 Å². The second kappa shape index (κ2) is 11.2. The highest BCUT2D eigenvalue weighted by Gasteiger charge is 2.40. The molecular weight excluding hydrogens is 435 g/mol. The smallest absolute Gasteiger partial charge is 0.423 e. The largest absolute Gasteiger partial charge is 0.447 e. The molecule has 1 aliphatic heterocycles. The van der Waals surface area contributed by atoms with Crippen LogP contribution in [0.5, 0.6) is 0 Å². The van der Waals surface area contributed by atoms with E-state index in [9.17, 15) is 27.6 Å². The third kappa shape index (κ3) is 6.61. The zero-order valence-electron chi connectivity index (χ0n) is 17.8. The normalized spacial score (nSPS) is 20.7. The third-order valence-corrected chi connectivity index (χ3v) is 4.92. The molecule has 3 atom stereocenters. The first kappa shape index (κ1) is 25.5. The summed E-state index contributed by atoms with van der Waals surface area (Å²) in [6, 6.07) is 0. The number of H-pyrrole nitrogens is 1. The predicted octanol–water partition coefficient (Wildman–Crippen LogP) is 2.12. The quantitative estimate of drug-likeness (QED) is 0.447. The summed E-state index contributed by atoms with van der Waals surface area (Å²) < 4.78 is 56.2. The maximum absolute atomic E-state index is 13.1. The Labute approximate surface area is 182 Å². The molecule has 2 rings (SSSR count). The molecule has 9 nitrogen and oxygen atoms in total. The van der Waals surface area contributed by atoms with Crippen LogP contribution in [0.4, 0.5) is 18.0 Å². The van der Waals surface area contributed by atoms with Crippen LogP contribution in [0.3, 0.4) is 0 Å². The number of carbonyl (C=O) groups excluding carboxylic acids is 1. The van der Waals surface area contributed by atoms with Crippen molar-refractivity contribution in [3.63, 3.8) is 0 Å². The lowest BCUT2D eigenvalue weighted by Crippen LogP contribution is -2.37. The first-order valence-electron chi connectivity index (χ1n) is 10.1. The molecule has 1 N–H and O–H groups in total. The molecular formula is C20H26F3N3O6. The standard InChI is InChI=1S/C20H26F3N3O6/c1-4-6-7-8-25(3)19(29)31-12-15-14(30-9-5-2)10-16(32-15)26-11-13(20(21,22)23)17(27)24-18(26)28/h2,11,14-16H,4,6-10,12H2,1,3H3,(H,24,27,28)/t14-,15+,16+/m0/s1. The Morgan fingerprint density at radius 1 is 1.41 bits per heavy atom. The lowest BCUT2D eigenvalue weighted by molar-refractivity contribution is -0.139. The number of amides is 1. The van der Waals surface area contributed by atoms with Gasteiger partial charge in [-0.25, -0.2) is 9.59 Å². The molecule has 2 heterocycles. The Morgan fingerprint density at radius 3 is 2.75 bits per heavy atom. The molecule has 0 aromatic carbocycles. The number of nitrogens with one attached hydrogen (secondary N) is 1. The van der Waals surface area contributed by atoms with Gasteiger partial charge in [0.05, 0.1) is 6.10 Å². The van der Waals surface area contributed by atoms with Gasteiger partial charge in [-0.15, -0.1) is 6.42 Å². The SMILES string of the molecule is C#CCO[C@H]1C[C@H](n2cc(C(F)(F)F)c(=O)[nH]c2=O)O[C@@H]1COC(=O)N(C)CCCCC. The van der Waals surface area contributed by atoms with Crippen LogP contribution in [0.15, 0.2) is 15.8 Å². The van der Waals surface area contributed by atoms with Gasteiger partial charge in [0.15, 0.2) is 0 Å². The summed E-state index contributed by atoms with van der Waals surface area (Å²) in [5.41, 5.74) is -4.16. The second-order valence-electron chi connectivity index (χ2n) is 7.33. The zero-order chi connectivity index (χ0) is 23.9. The van der Waals surface area contributed by atoms with Gasteiger partial charge in [0, 0.05) is 26.2 Å². The van der Waals surface area contributed by atoms with Gasteiger partial charge < -0.3 is 19.1 Å². The molecule has 178 valence electrons. The van der Waals surface area contributed by atoms with E-state index >= 15 is 0 Å². The van der Waals surface area contributed by atoms with Crippen LogP contribution >= 0.6 is 0 Å². The van der Waals surface area contributed by atoms with Gasteiger partial charge in [0.25, 0.3) is 5.56 Å². The summed E-state index contributed by atoms with van der Waals surface area (Å²) in [6.07, 6.45) is -0.0400. The molecule has 0 spiro atoms. The van der Waals surface area contributed by atoms with Crippen molar-refractivity contribution >= 4 is 6.09 Å². The molecule has 32 heavy (non-hydrogen) atoms. The molecule has 1 fully saturated rings. The predicted molar refractivity (Wildman–Crippen MR) is 107 cm³/mol. The summed E-state index contributed by atoms with van der Waals surface area (Å²) in [7, 11) is 1.58. The molecule has 0 bridgehead atoms. The highest BCUT2D eigenvalue weighted by atomic mass is 19.4. The van der Waals surface area contributed by atoms with Crippen LogP contribution in [-0.2, 0) is 20.4 Å². The van der Waals surface area contributed by atoms with Gasteiger partial charge in [-0.2, -0.15) is 13.2 Å². The molecule has 12 heteroatoms. The average Bonchev–Trinajstić information content (AvgIpc) is 3.12. The Hall–Kier alpha value is -2.78. The summed E-state index contributed by atoms with van der Waals surface area (Å²) in [5, 5.41) is 0. The van der Waals surface area contributed by atoms with Gasteiger partial charge in [-0.1, -0.05) is 25.7 Å². The zero-order valence-corrected chi connectivity index (χ0v) is 17.8. The minimum Gasteiger partial charge on any atom is -0.447 e. The Bertz CT molecular complexity index is 936. The van der Waals surface area contributed by atoms with Crippen molar-refractivity contribution in [2.24, 2.45) is 0 Å². The van der Waals surface area contributed by atoms with Crippen molar-refractivity contribution in [3.05, 3.63) is 32.6 Å². The Morgan fingerprint density at radius 2 is 2.12 bits per heavy atom. The number of terminal acetylenes is 1. The average molecular weight is 461 g/mol. The Kier molecular flexibility index (Phi) is 8.91. The van der Waals surface area contributed by atoms with E-state index in [1.54, 1.807) is 12.0 Å². The number of hydrogen-bond acceptors (Lipinski definition) is 6. The molecule has 0 aliphatic carbocycles. The van der Waals surface area contributed by atoms with E-state index in [4.69, 9.17) is 20.6 Å². The molecule has 1 saturated heterocycles. The van der Waals surface area contributed by atoms with E-state index in [1.807, 2.05) is 6.92 Å². The first-order chi connectivity index (χ1) is 15.1. The number of aromatic amines is 1. The number of nitrogens with zero attached hydrogens (tertiary/aromatic N) is 2. The minimum absolute atomic E-state index is 0.0422. The van der Waals surface area contributed by atoms with E-state index in [2.05, 4.69) is 5.92 Å². The number of halogens is 3. The van der Waals surface area contributed by atoms with E-state index in [1.165, 1.54) is 4.90 Å². The summed E-state index contributed by atoms with van der Waals surface area (Å²) in [6.45, 7) is 2.17. The van der Waals surface area contributed by atoms with Crippen molar-refractivity contribution in [1.82, 2.24) is 14.5 Å². The van der Waals surface area contributed by atoms with Crippen molar-refractivity contribution < 1.29 is 32.2 Å². The Balaban J connectivity index is 2.14. The molecule has 0 unspecified atom stereocenters. The summed E-state index contributed by atoms with van der Waals surface area (Å²) in [5.74, 6) is 2.27. The fourth-order valence-corrected chi connectivity index (χ4v) is 3.21. The highest BCUT2D eigenvalue weighted by molar-refractivity contribution is 5.67. The molecule has 1 aromatic heterocycles. The number of ether oxygens (including phenoxy) is 3. The highest BCUT2D eigenvalue weighted by Crippen LogP contribution is 2.32. The van der Waals surface area contributed by atoms with Crippen LogP contribution in [0, 0.1) is 12.3 Å². The topological polar surface area (TPSA) is 103 Å². The van der Waals surface area contributed by atoms with Gasteiger partial charge in [-0.3, -0.25) is 14.3 Å². The van der Waals surface area contributed by atoms with E-state index in [0.29, 0.717) is 17.3 Å².